The summed E-state index contributed by atoms with van der Waals surface area (Å²) in [7, 11) is -3.89. The topological polar surface area (TPSA) is 82.5 Å². The summed E-state index contributed by atoms with van der Waals surface area (Å²) in [5.74, 6) is 0.731. The van der Waals surface area contributed by atoms with Crippen molar-refractivity contribution in [2.75, 3.05) is 11.3 Å². The fraction of sp³-hybridized carbons (Fsp3) is 0.167. The van der Waals surface area contributed by atoms with Crippen LogP contribution in [0.15, 0.2) is 65.8 Å². The lowest BCUT2D eigenvalue weighted by Gasteiger charge is -2.26. The maximum absolute atomic E-state index is 13.3. The van der Waals surface area contributed by atoms with Crippen LogP contribution in [0.4, 0.5) is 10.1 Å². The summed E-state index contributed by atoms with van der Waals surface area (Å²) in [4.78, 5) is -0.157. The van der Waals surface area contributed by atoms with Gasteiger partial charge >= 0.3 is 0 Å². The Kier molecular flexibility index (Phi) is 4.44. The molecule has 7 nitrogen and oxygen atoms in total. The summed E-state index contributed by atoms with van der Waals surface area (Å²) in [5, 5.41) is 4.14. The highest BCUT2D eigenvalue weighted by molar-refractivity contribution is 7.92. The van der Waals surface area contributed by atoms with E-state index in [1.54, 1.807) is 10.9 Å². The monoisotopic (exact) mass is 389 g/mol. The molecule has 140 valence electrons. The minimum Gasteiger partial charge on any atom is -0.486 e. The standard InChI is InChI=1S/C18H16FN3O4S/c19-13-4-3-5-16(8-13)27(23,24)21-14-9-20-22(10-14)11-15-12-25-17-6-1-2-7-18(17)26-15/h1-10,15,21H,11-12H2. The first-order valence-electron chi connectivity index (χ1n) is 8.19. The van der Waals surface area contributed by atoms with Crippen LogP contribution in [0.1, 0.15) is 0 Å². The van der Waals surface area contributed by atoms with E-state index in [9.17, 15) is 12.8 Å². The van der Waals surface area contributed by atoms with Crippen molar-refractivity contribution in [3.8, 4) is 11.5 Å². The third-order valence-electron chi connectivity index (χ3n) is 3.95. The van der Waals surface area contributed by atoms with Crippen LogP contribution in [0.2, 0.25) is 0 Å². The molecule has 1 aromatic heterocycles. The summed E-state index contributed by atoms with van der Waals surface area (Å²) in [6, 6.07) is 12.2. The van der Waals surface area contributed by atoms with E-state index >= 15 is 0 Å². The Morgan fingerprint density at radius 2 is 2.00 bits per heavy atom. The van der Waals surface area contributed by atoms with Crippen LogP contribution in [0.5, 0.6) is 11.5 Å². The zero-order chi connectivity index (χ0) is 18.9. The zero-order valence-corrected chi connectivity index (χ0v) is 14.9. The second-order valence-corrected chi connectivity index (χ2v) is 7.69. The Morgan fingerprint density at radius 3 is 2.81 bits per heavy atom. The normalized spacial score (nSPS) is 16.1. The van der Waals surface area contributed by atoms with Gasteiger partial charge in [0.05, 0.1) is 23.3 Å². The van der Waals surface area contributed by atoms with E-state index in [0.29, 0.717) is 24.7 Å². The zero-order valence-electron chi connectivity index (χ0n) is 14.1. The molecule has 0 radical (unpaired) electrons. The lowest BCUT2D eigenvalue weighted by atomic mass is 10.2. The number of nitrogens with one attached hydrogen (secondary N) is 1. The number of sulfonamides is 1. The number of aromatic nitrogens is 2. The Morgan fingerprint density at radius 1 is 1.19 bits per heavy atom. The van der Waals surface area contributed by atoms with Crippen LogP contribution in [0.25, 0.3) is 0 Å². The van der Waals surface area contributed by atoms with Gasteiger partial charge in [-0.05, 0) is 30.3 Å². The lowest BCUT2D eigenvalue weighted by molar-refractivity contribution is 0.0759. The molecule has 1 aliphatic rings. The first kappa shape index (κ1) is 17.3. The number of anilines is 1. The first-order valence-corrected chi connectivity index (χ1v) is 9.67. The van der Waals surface area contributed by atoms with Gasteiger partial charge in [-0.1, -0.05) is 18.2 Å². The largest absolute Gasteiger partial charge is 0.486 e. The summed E-state index contributed by atoms with van der Waals surface area (Å²) < 4.78 is 53.4. The van der Waals surface area contributed by atoms with Crippen molar-refractivity contribution in [2.24, 2.45) is 0 Å². The van der Waals surface area contributed by atoms with Gasteiger partial charge in [-0.2, -0.15) is 5.10 Å². The van der Waals surface area contributed by atoms with Crippen molar-refractivity contribution in [3.05, 3.63) is 66.7 Å². The molecule has 0 amide bonds. The van der Waals surface area contributed by atoms with Gasteiger partial charge in [0.25, 0.3) is 10.0 Å². The predicted octanol–water partition coefficient (Wildman–Crippen LogP) is 2.66. The Labute approximate surface area is 155 Å². The smallest absolute Gasteiger partial charge is 0.262 e. The van der Waals surface area contributed by atoms with Gasteiger partial charge in [-0.3, -0.25) is 9.40 Å². The number of halogens is 1. The molecule has 27 heavy (non-hydrogen) atoms. The van der Waals surface area contributed by atoms with Crippen LogP contribution in [0, 0.1) is 5.82 Å². The molecule has 1 N–H and O–H groups in total. The molecule has 0 saturated heterocycles. The third-order valence-corrected chi connectivity index (χ3v) is 5.33. The van der Waals surface area contributed by atoms with Crippen molar-refractivity contribution < 1.29 is 22.3 Å². The molecule has 0 spiro atoms. The highest BCUT2D eigenvalue weighted by atomic mass is 32.2. The number of rotatable bonds is 5. The summed E-state index contributed by atoms with van der Waals surface area (Å²) >= 11 is 0. The highest BCUT2D eigenvalue weighted by Gasteiger charge is 2.22. The van der Waals surface area contributed by atoms with Crippen molar-refractivity contribution in [1.29, 1.82) is 0 Å². The summed E-state index contributed by atoms with van der Waals surface area (Å²) in [6.45, 7) is 0.747. The fourth-order valence-corrected chi connectivity index (χ4v) is 3.79. The number of nitrogens with zero attached hydrogens (tertiary/aromatic N) is 2. The van der Waals surface area contributed by atoms with Crippen LogP contribution in [-0.4, -0.2) is 30.9 Å². The molecule has 0 fully saturated rings. The molecule has 9 heteroatoms. The maximum Gasteiger partial charge on any atom is 0.262 e. The molecule has 0 bridgehead atoms. The Balaban J connectivity index is 1.43. The number of fused-ring (bicyclic) bond motifs is 1. The highest BCUT2D eigenvalue weighted by Crippen LogP contribution is 2.31. The molecule has 1 unspecified atom stereocenters. The third kappa shape index (κ3) is 3.87. The van der Waals surface area contributed by atoms with E-state index in [-0.39, 0.29) is 16.7 Å². The molecule has 1 atom stereocenters. The molecular formula is C18H16FN3O4S. The van der Waals surface area contributed by atoms with E-state index in [2.05, 4.69) is 9.82 Å². The predicted molar refractivity (Wildman–Crippen MR) is 95.8 cm³/mol. The molecular weight excluding hydrogens is 373 g/mol. The van der Waals surface area contributed by atoms with E-state index in [1.165, 1.54) is 24.4 Å². The Bertz CT molecular complexity index is 1070. The van der Waals surface area contributed by atoms with Crippen LogP contribution in [0.3, 0.4) is 0 Å². The second kappa shape index (κ2) is 6.92. The summed E-state index contributed by atoms with van der Waals surface area (Å²) in [5.41, 5.74) is 0.274. The fourth-order valence-electron chi connectivity index (χ4n) is 2.73. The molecule has 4 rings (SSSR count). The van der Waals surface area contributed by atoms with Gasteiger partial charge in [0.1, 0.15) is 12.4 Å². The van der Waals surface area contributed by atoms with Gasteiger partial charge in [0, 0.05) is 6.20 Å². The van der Waals surface area contributed by atoms with Crippen LogP contribution in [-0.2, 0) is 16.6 Å². The molecule has 2 heterocycles. The van der Waals surface area contributed by atoms with E-state index < -0.39 is 15.8 Å². The Hall–Kier alpha value is -3.07. The maximum atomic E-state index is 13.3. The number of hydrogen-bond donors (Lipinski definition) is 1. The van der Waals surface area contributed by atoms with E-state index in [4.69, 9.17) is 9.47 Å². The quantitative estimate of drug-likeness (QED) is 0.726. The van der Waals surface area contributed by atoms with E-state index in [1.807, 2.05) is 24.3 Å². The number of ether oxygens (including phenoxy) is 2. The van der Waals surface area contributed by atoms with E-state index in [0.717, 1.165) is 6.07 Å². The van der Waals surface area contributed by atoms with Gasteiger partial charge in [0.15, 0.2) is 17.6 Å². The second-order valence-electron chi connectivity index (χ2n) is 6.01. The molecule has 2 aromatic carbocycles. The first-order chi connectivity index (χ1) is 13.0. The van der Waals surface area contributed by atoms with Crippen LogP contribution < -0.4 is 14.2 Å². The van der Waals surface area contributed by atoms with Gasteiger partial charge in [-0.25, -0.2) is 12.8 Å². The lowest BCUT2D eigenvalue weighted by Crippen LogP contribution is -2.33. The average molecular weight is 389 g/mol. The number of para-hydroxylation sites is 2. The van der Waals surface area contributed by atoms with Gasteiger partial charge < -0.3 is 9.47 Å². The number of benzene rings is 2. The van der Waals surface area contributed by atoms with Crippen molar-refractivity contribution in [3.63, 3.8) is 0 Å². The van der Waals surface area contributed by atoms with Gasteiger partial charge in [0.2, 0.25) is 0 Å². The van der Waals surface area contributed by atoms with Crippen LogP contribution >= 0.6 is 0 Å². The molecule has 0 aliphatic carbocycles. The number of hydrogen-bond acceptors (Lipinski definition) is 5. The minimum absolute atomic E-state index is 0.157. The average Bonchev–Trinajstić information content (AvgIpc) is 3.07. The summed E-state index contributed by atoms with van der Waals surface area (Å²) in [6.07, 6.45) is 2.67. The van der Waals surface area contributed by atoms with Crippen molar-refractivity contribution in [2.45, 2.75) is 17.5 Å². The molecule has 1 aliphatic heterocycles. The molecule has 0 saturated carbocycles. The van der Waals surface area contributed by atoms with Gasteiger partial charge in [-0.15, -0.1) is 0 Å². The SMILES string of the molecule is O=S(=O)(Nc1cnn(CC2COc3ccccc3O2)c1)c1cccc(F)c1. The minimum atomic E-state index is -3.89. The molecule has 3 aromatic rings. The van der Waals surface area contributed by atoms with Crippen molar-refractivity contribution in [1.82, 2.24) is 9.78 Å². The van der Waals surface area contributed by atoms with Crippen molar-refractivity contribution >= 4 is 15.7 Å².